The predicted molar refractivity (Wildman–Crippen MR) is 88.4 cm³/mol. The molecule has 0 amide bonds. The molecule has 0 aromatic heterocycles. The van der Waals surface area contributed by atoms with Crippen molar-refractivity contribution in [3.63, 3.8) is 0 Å². The second kappa shape index (κ2) is 6.61. The van der Waals surface area contributed by atoms with Crippen LogP contribution in [0.15, 0.2) is 24.3 Å². The zero-order valence-corrected chi connectivity index (χ0v) is 14.5. The Morgan fingerprint density at radius 1 is 1.25 bits per heavy atom. The Hall–Kier alpha value is -0.350. The van der Waals surface area contributed by atoms with Gasteiger partial charge in [-0.1, -0.05) is 47.1 Å². The van der Waals surface area contributed by atoms with E-state index in [0.29, 0.717) is 17.9 Å². The Morgan fingerprint density at radius 3 is 2.70 bits per heavy atom. The summed E-state index contributed by atoms with van der Waals surface area (Å²) in [4.78, 5) is 0. The highest BCUT2D eigenvalue weighted by Gasteiger charge is 2.36. The lowest BCUT2D eigenvalue weighted by Crippen LogP contribution is -2.35. The summed E-state index contributed by atoms with van der Waals surface area (Å²) in [5.41, 5.74) is 2.75. The third kappa shape index (κ3) is 3.45. The lowest BCUT2D eigenvalue weighted by molar-refractivity contribution is 0.391. The average Bonchev–Trinajstić information content (AvgIpc) is 2.45. The Kier molecular flexibility index (Phi) is 5.30. The monoisotopic (exact) mass is 358 g/mol. The van der Waals surface area contributed by atoms with E-state index in [9.17, 15) is 8.42 Å². The fraction of sp³-hybridized carbons (Fsp3) is 0.625. The maximum atomic E-state index is 12.0. The molecule has 112 valence electrons. The van der Waals surface area contributed by atoms with Crippen molar-refractivity contribution in [1.82, 2.24) is 0 Å². The molecule has 0 heterocycles. The van der Waals surface area contributed by atoms with Gasteiger partial charge in [0.15, 0.2) is 0 Å². The molecule has 0 fully saturated rings. The van der Waals surface area contributed by atoms with Gasteiger partial charge < -0.3 is 0 Å². The largest absolute Gasteiger partial charge is 0.229 e. The SMILES string of the molecule is CCCS(=O)(=O)CCC1(CBr)CCCc2ccccc21. The van der Waals surface area contributed by atoms with E-state index in [4.69, 9.17) is 0 Å². The first-order valence-electron chi connectivity index (χ1n) is 7.38. The average molecular weight is 359 g/mol. The van der Waals surface area contributed by atoms with E-state index < -0.39 is 9.84 Å². The Balaban J connectivity index is 2.23. The molecule has 2 rings (SSSR count). The summed E-state index contributed by atoms with van der Waals surface area (Å²) in [7, 11) is -2.90. The van der Waals surface area contributed by atoms with Crippen LogP contribution in [0.25, 0.3) is 0 Å². The van der Waals surface area contributed by atoms with Crippen molar-refractivity contribution in [3.05, 3.63) is 35.4 Å². The van der Waals surface area contributed by atoms with Gasteiger partial charge in [0, 0.05) is 16.5 Å². The molecule has 0 saturated heterocycles. The number of hydrogen-bond acceptors (Lipinski definition) is 2. The van der Waals surface area contributed by atoms with Crippen molar-refractivity contribution < 1.29 is 8.42 Å². The predicted octanol–water partition coefficient (Wildman–Crippen LogP) is 3.87. The number of aryl methyl sites for hydroxylation is 1. The van der Waals surface area contributed by atoms with Gasteiger partial charge in [0.05, 0.1) is 5.75 Å². The van der Waals surface area contributed by atoms with Crippen LogP contribution in [0, 0.1) is 0 Å². The molecular weight excluding hydrogens is 336 g/mol. The van der Waals surface area contributed by atoms with Crippen molar-refractivity contribution >= 4 is 25.8 Å². The molecule has 0 N–H and O–H groups in total. The summed E-state index contributed by atoms with van der Waals surface area (Å²) in [5, 5.41) is 0.846. The van der Waals surface area contributed by atoms with E-state index in [-0.39, 0.29) is 5.41 Å². The van der Waals surface area contributed by atoms with Crippen molar-refractivity contribution in [3.8, 4) is 0 Å². The maximum absolute atomic E-state index is 12.0. The Bertz CT molecular complexity index is 553. The standard InChI is InChI=1S/C16H23BrO2S/c1-2-11-20(18,19)12-10-16(13-17)9-5-7-14-6-3-4-8-15(14)16/h3-4,6,8H,2,5,7,9-13H2,1H3. The summed E-state index contributed by atoms with van der Waals surface area (Å²) >= 11 is 3.65. The Labute approximate surface area is 131 Å². The van der Waals surface area contributed by atoms with Crippen molar-refractivity contribution in [2.24, 2.45) is 0 Å². The molecule has 0 radical (unpaired) electrons. The zero-order chi connectivity index (χ0) is 14.6. The molecule has 1 atom stereocenters. The molecule has 2 nitrogen and oxygen atoms in total. The highest BCUT2D eigenvalue weighted by molar-refractivity contribution is 9.09. The smallest absolute Gasteiger partial charge is 0.150 e. The van der Waals surface area contributed by atoms with Gasteiger partial charge in [-0.2, -0.15) is 0 Å². The summed E-state index contributed by atoms with van der Waals surface area (Å²) in [6.07, 6.45) is 4.79. The van der Waals surface area contributed by atoms with Crippen molar-refractivity contribution in [2.75, 3.05) is 16.8 Å². The first-order chi connectivity index (χ1) is 9.53. The van der Waals surface area contributed by atoms with Gasteiger partial charge in [-0.05, 0) is 43.2 Å². The maximum Gasteiger partial charge on any atom is 0.150 e. The molecule has 0 bridgehead atoms. The van der Waals surface area contributed by atoms with Crippen LogP contribution in [0.3, 0.4) is 0 Å². The molecular formula is C16H23BrO2S. The van der Waals surface area contributed by atoms with Crippen LogP contribution in [0.4, 0.5) is 0 Å². The van der Waals surface area contributed by atoms with E-state index in [1.54, 1.807) is 0 Å². The molecule has 0 saturated carbocycles. The van der Waals surface area contributed by atoms with E-state index in [0.717, 1.165) is 31.0 Å². The number of hydrogen-bond donors (Lipinski definition) is 0. The summed E-state index contributed by atoms with van der Waals surface area (Å²) in [6, 6.07) is 8.52. The van der Waals surface area contributed by atoms with Gasteiger partial charge in [-0.15, -0.1) is 0 Å². The number of rotatable bonds is 6. The molecule has 1 unspecified atom stereocenters. The first kappa shape index (κ1) is 16.0. The minimum absolute atomic E-state index is 0.00431. The molecule has 1 aliphatic carbocycles. The third-order valence-electron chi connectivity index (χ3n) is 4.35. The highest BCUT2D eigenvalue weighted by atomic mass is 79.9. The highest BCUT2D eigenvalue weighted by Crippen LogP contribution is 2.41. The first-order valence-corrected chi connectivity index (χ1v) is 10.3. The van der Waals surface area contributed by atoms with Gasteiger partial charge >= 0.3 is 0 Å². The number of benzene rings is 1. The second-order valence-electron chi connectivity index (χ2n) is 5.83. The fourth-order valence-electron chi connectivity index (χ4n) is 3.24. The van der Waals surface area contributed by atoms with Gasteiger partial charge in [-0.25, -0.2) is 8.42 Å². The summed E-state index contributed by atoms with van der Waals surface area (Å²) in [6.45, 7) is 1.92. The van der Waals surface area contributed by atoms with E-state index in [1.807, 2.05) is 6.92 Å². The van der Waals surface area contributed by atoms with Gasteiger partial charge in [-0.3, -0.25) is 0 Å². The normalized spacial score (nSPS) is 22.5. The van der Waals surface area contributed by atoms with Crippen LogP contribution < -0.4 is 0 Å². The molecule has 20 heavy (non-hydrogen) atoms. The number of fused-ring (bicyclic) bond motifs is 1. The summed E-state index contributed by atoms with van der Waals surface area (Å²) < 4.78 is 24.1. The fourth-order valence-corrected chi connectivity index (χ4v) is 5.63. The number of sulfone groups is 1. The minimum Gasteiger partial charge on any atom is -0.229 e. The number of alkyl halides is 1. The van der Waals surface area contributed by atoms with E-state index >= 15 is 0 Å². The molecule has 4 heteroatoms. The second-order valence-corrected chi connectivity index (χ2v) is 8.69. The minimum atomic E-state index is -2.90. The van der Waals surface area contributed by atoms with Gasteiger partial charge in [0.2, 0.25) is 0 Å². The van der Waals surface area contributed by atoms with E-state index in [2.05, 4.69) is 40.2 Å². The van der Waals surface area contributed by atoms with Crippen LogP contribution in [-0.4, -0.2) is 25.3 Å². The van der Waals surface area contributed by atoms with Gasteiger partial charge in [0.1, 0.15) is 9.84 Å². The lowest BCUT2D eigenvalue weighted by atomic mass is 9.70. The lowest BCUT2D eigenvalue weighted by Gasteiger charge is -2.38. The molecule has 0 spiro atoms. The Morgan fingerprint density at radius 2 is 2.00 bits per heavy atom. The quantitative estimate of drug-likeness (QED) is 0.723. The van der Waals surface area contributed by atoms with E-state index in [1.165, 1.54) is 11.1 Å². The number of halogens is 1. The summed E-state index contributed by atoms with van der Waals surface area (Å²) in [5.74, 6) is 0.619. The zero-order valence-electron chi connectivity index (χ0n) is 12.1. The molecule has 1 aromatic rings. The van der Waals surface area contributed by atoms with Crippen LogP contribution in [0.1, 0.15) is 43.7 Å². The van der Waals surface area contributed by atoms with Crippen LogP contribution >= 0.6 is 15.9 Å². The molecule has 1 aromatic carbocycles. The molecule has 0 aliphatic heterocycles. The van der Waals surface area contributed by atoms with Crippen molar-refractivity contribution in [1.29, 1.82) is 0 Å². The van der Waals surface area contributed by atoms with Gasteiger partial charge in [0.25, 0.3) is 0 Å². The molecule has 1 aliphatic rings. The van der Waals surface area contributed by atoms with Crippen LogP contribution in [0.2, 0.25) is 0 Å². The van der Waals surface area contributed by atoms with Crippen LogP contribution in [-0.2, 0) is 21.7 Å². The topological polar surface area (TPSA) is 34.1 Å². The van der Waals surface area contributed by atoms with Crippen molar-refractivity contribution in [2.45, 2.75) is 44.4 Å². The third-order valence-corrected chi connectivity index (χ3v) is 7.28. The van der Waals surface area contributed by atoms with Crippen LogP contribution in [0.5, 0.6) is 0 Å².